The van der Waals surface area contributed by atoms with Gasteiger partial charge in [-0.05, 0) is 41.1 Å². The summed E-state index contributed by atoms with van der Waals surface area (Å²) in [5.41, 5.74) is 2.20. The number of nitrogens with one attached hydrogen (secondary N) is 2. The van der Waals surface area contributed by atoms with Gasteiger partial charge in [0.1, 0.15) is 0 Å². The molecular weight excluding hydrogens is 354 g/mol. The fraction of sp³-hybridized carbons (Fsp3) is 0.0455. The molecule has 3 aromatic carbocycles. The van der Waals surface area contributed by atoms with Crippen LogP contribution < -0.4 is 10.6 Å². The number of rotatable bonds is 3. The van der Waals surface area contributed by atoms with Gasteiger partial charge in [-0.25, -0.2) is 4.79 Å². The van der Waals surface area contributed by atoms with Crippen molar-refractivity contribution in [2.45, 2.75) is 0 Å². The van der Waals surface area contributed by atoms with Crippen LogP contribution in [0.3, 0.4) is 0 Å². The van der Waals surface area contributed by atoms with Crippen LogP contribution in [-0.4, -0.2) is 24.1 Å². The largest absolute Gasteiger partial charge is 0.453 e. The molecule has 0 bridgehead atoms. The van der Waals surface area contributed by atoms with Crippen LogP contribution in [0.15, 0.2) is 72.9 Å². The lowest BCUT2D eigenvalue weighted by atomic mass is 10.0. The zero-order valence-electron chi connectivity index (χ0n) is 15.1. The van der Waals surface area contributed by atoms with Crippen LogP contribution in [0.5, 0.6) is 0 Å². The van der Waals surface area contributed by atoms with Gasteiger partial charge in [-0.3, -0.25) is 15.1 Å². The van der Waals surface area contributed by atoms with E-state index in [-0.39, 0.29) is 5.91 Å². The smallest absolute Gasteiger partial charge is 0.411 e. The summed E-state index contributed by atoms with van der Waals surface area (Å²) in [7, 11) is 1.29. The van der Waals surface area contributed by atoms with E-state index in [2.05, 4.69) is 20.4 Å². The number of anilines is 2. The molecule has 4 rings (SSSR count). The van der Waals surface area contributed by atoms with Gasteiger partial charge >= 0.3 is 6.09 Å². The molecule has 2 N–H and O–H groups in total. The van der Waals surface area contributed by atoms with Gasteiger partial charge in [0.15, 0.2) is 0 Å². The Hall–Kier alpha value is -3.93. The zero-order chi connectivity index (χ0) is 19.5. The predicted molar refractivity (Wildman–Crippen MR) is 110 cm³/mol. The van der Waals surface area contributed by atoms with Crippen molar-refractivity contribution < 1.29 is 14.3 Å². The van der Waals surface area contributed by atoms with E-state index < -0.39 is 6.09 Å². The Balaban J connectivity index is 1.71. The molecule has 0 spiro atoms. The fourth-order valence-corrected chi connectivity index (χ4v) is 3.14. The summed E-state index contributed by atoms with van der Waals surface area (Å²) in [5.74, 6) is -0.273. The van der Waals surface area contributed by atoms with E-state index in [0.717, 1.165) is 16.2 Å². The van der Waals surface area contributed by atoms with Gasteiger partial charge < -0.3 is 10.1 Å². The van der Waals surface area contributed by atoms with E-state index in [0.29, 0.717) is 22.5 Å². The van der Waals surface area contributed by atoms with Crippen LogP contribution in [0, 0.1) is 0 Å². The number of hydrogen-bond donors (Lipinski definition) is 2. The Kier molecular flexibility index (Phi) is 4.60. The lowest BCUT2D eigenvalue weighted by Crippen LogP contribution is -2.14. The molecule has 1 aromatic heterocycles. The highest BCUT2D eigenvalue weighted by molar-refractivity contribution is 6.18. The molecule has 1 heterocycles. The van der Waals surface area contributed by atoms with Gasteiger partial charge in [-0.2, -0.15) is 0 Å². The normalized spacial score (nSPS) is 10.6. The molecular formula is C22H17N3O3. The Labute approximate surface area is 161 Å². The first kappa shape index (κ1) is 17.5. The molecule has 4 aromatic rings. The minimum atomic E-state index is -0.576. The number of benzene rings is 3. The number of methoxy groups -OCH3 is 1. The molecule has 0 atom stereocenters. The second-order valence-electron chi connectivity index (χ2n) is 6.20. The number of aromatic nitrogens is 1. The van der Waals surface area contributed by atoms with Crippen LogP contribution in [0.25, 0.3) is 21.7 Å². The fourth-order valence-electron chi connectivity index (χ4n) is 3.14. The molecule has 0 aliphatic rings. The molecule has 0 saturated carbocycles. The lowest BCUT2D eigenvalue weighted by molar-refractivity contribution is 0.102. The third-order valence-corrected chi connectivity index (χ3v) is 4.41. The van der Waals surface area contributed by atoms with E-state index in [1.807, 2.05) is 42.5 Å². The zero-order valence-corrected chi connectivity index (χ0v) is 15.1. The van der Waals surface area contributed by atoms with Gasteiger partial charge in [-0.15, -0.1) is 0 Å². The molecule has 6 heteroatoms. The molecule has 0 saturated heterocycles. The van der Waals surface area contributed by atoms with Crippen molar-refractivity contribution in [1.82, 2.24) is 4.98 Å². The number of carbonyl (C=O) groups excluding carboxylic acids is 2. The van der Waals surface area contributed by atoms with Crippen molar-refractivity contribution in [3.05, 3.63) is 78.5 Å². The number of nitrogens with zero attached hydrogens (tertiary/aromatic N) is 1. The van der Waals surface area contributed by atoms with Crippen molar-refractivity contribution in [3.63, 3.8) is 0 Å². The van der Waals surface area contributed by atoms with E-state index >= 15 is 0 Å². The van der Waals surface area contributed by atoms with E-state index in [9.17, 15) is 9.59 Å². The van der Waals surface area contributed by atoms with Crippen molar-refractivity contribution in [1.29, 1.82) is 0 Å². The first-order chi connectivity index (χ1) is 13.7. The quantitative estimate of drug-likeness (QED) is 0.506. The van der Waals surface area contributed by atoms with Gasteiger partial charge in [-0.1, -0.05) is 36.4 Å². The highest BCUT2D eigenvalue weighted by Crippen LogP contribution is 2.28. The molecule has 2 amide bonds. The Morgan fingerprint density at radius 1 is 0.857 bits per heavy atom. The van der Waals surface area contributed by atoms with E-state index in [1.54, 1.807) is 30.5 Å². The maximum Gasteiger partial charge on any atom is 0.411 e. The summed E-state index contributed by atoms with van der Waals surface area (Å²) >= 11 is 0. The standard InChI is InChI=1S/C22H17N3O3/c1-28-22(27)25-16-8-4-7-15(13-16)24-21(26)19-12-14-6-2-3-9-17(14)18-10-5-11-23-20(18)19/h2-13H,1H3,(H,24,26)(H,25,27). The van der Waals surface area contributed by atoms with Crippen LogP contribution in [0.1, 0.15) is 10.4 Å². The summed E-state index contributed by atoms with van der Waals surface area (Å²) < 4.78 is 4.59. The Morgan fingerprint density at radius 3 is 2.43 bits per heavy atom. The van der Waals surface area contributed by atoms with Gasteiger partial charge in [0, 0.05) is 23.0 Å². The minimum absolute atomic E-state index is 0.273. The number of hydrogen-bond acceptors (Lipinski definition) is 4. The summed E-state index contributed by atoms with van der Waals surface area (Å²) in [5, 5.41) is 8.39. The molecule has 0 fully saturated rings. The maximum atomic E-state index is 13.0. The SMILES string of the molecule is COC(=O)Nc1cccc(NC(=O)c2cc3ccccc3c3cccnc23)c1. The number of amides is 2. The highest BCUT2D eigenvalue weighted by atomic mass is 16.5. The van der Waals surface area contributed by atoms with Crippen LogP contribution in [-0.2, 0) is 4.74 Å². The highest BCUT2D eigenvalue weighted by Gasteiger charge is 2.14. The maximum absolute atomic E-state index is 13.0. The minimum Gasteiger partial charge on any atom is -0.453 e. The number of carbonyl (C=O) groups is 2. The molecule has 0 aliphatic heterocycles. The lowest BCUT2D eigenvalue weighted by Gasteiger charge is -2.11. The van der Waals surface area contributed by atoms with Gasteiger partial charge in [0.25, 0.3) is 5.91 Å². The summed E-state index contributed by atoms with van der Waals surface area (Å²) in [6.07, 6.45) is 1.10. The van der Waals surface area contributed by atoms with Crippen molar-refractivity contribution in [3.8, 4) is 0 Å². The van der Waals surface area contributed by atoms with E-state index in [1.165, 1.54) is 7.11 Å². The summed E-state index contributed by atoms with van der Waals surface area (Å²) in [6, 6.07) is 20.4. The molecule has 6 nitrogen and oxygen atoms in total. The van der Waals surface area contributed by atoms with Gasteiger partial charge in [0.05, 0.1) is 18.2 Å². The van der Waals surface area contributed by atoms with Crippen LogP contribution in [0.2, 0.25) is 0 Å². The monoisotopic (exact) mass is 371 g/mol. The molecule has 28 heavy (non-hydrogen) atoms. The Morgan fingerprint density at radius 2 is 1.61 bits per heavy atom. The van der Waals surface area contributed by atoms with E-state index in [4.69, 9.17) is 0 Å². The van der Waals surface area contributed by atoms with Crippen LogP contribution >= 0.6 is 0 Å². The van der Waals surface area contributed by atoms with Gasteiger partial charge in [0.2, 0.25) is 0 Å². The molecule has 0 radical (unpaired) electrons. The average Bonchev–Trinajstić information content (AvgIpc) is 2.73. The summed E-state index contributed by atoms with van der Waals surface area (Å²) in [6.45, 7) is 0. The van der Waals surface area contributed by atoms with Crippen molar-refractivity contribution in [2.24, 2.45) is 0 Å². The Bertz CT molecular complexity index is 1200. The third-order valence-electron chi connectivity index (χ3n) is 4.41. The molecule has 0 aliphatic carbocycles. The number of pyridine rings is 1. The number of fused-ring (bicyclic) bond motifs is 3. The van der Waals surface area contributed by atoms with Crippen molar-refractivity contribution >= 4 is 45.1 Å². The number of ether oxygens (including phenoxy) is 1. The average molecular weight is 371 g/mol. The second-order valence-corrected chi connectivity index (χ2v) is 6.20. The molecule has 0 unspecified atom stereocenters. The van der Waals surface area contributed by atoms with Crippen LogP contribution in [0.4, 0.5) is 16.2 Å². The van der Waals surface area contributed by atoms with Crippen molar-refractivity contribution in [2.75, 3.05) is 17.7 Å². The summed E-state index contributed by atoms with van der Waals surface area (Å²) in [4.78, 5) is 28.8. The predicted octanol–water partition coefficient (Wildman–Crippen LogP) is 4.82. The first-order valence-electron chi connectivity index (χ1n) is 8.68. The second kappa shape index (κ2) is 7.36. The first-order valence-corrected chi connectivity index (χ1v) is 8.68. The third kappa shape index (κ3) is 3.35. The topological polar surface area (TPSA) is 80.3 Å². The molecule has 138 valence electrons.